The molecule has 1 heterocycles. The molecule has 0 fully saturated rings. The van der Waals surface area contributed by atoms with Crippen molar-refractivity contribution in [2.24, 2.45) is 0 Å². The fourth-order valence-corrected chi connectivity index (χ4v) is 1.71. The highest BCUT2D eigenvalue weighted by Gasteiger charge is 2.06. The number of nitrogens with two attached hydrogens (primary N) is 1. The Morgan fingerprint density at radius 1 is 1.33 bits per heavy atom. The van der Waals surface area contributed by atoms with Crippen LogP contribution in [0, 0.1) is 18.3 Å². The van der Waals surface area contributed by atoms with E-state index in [2.05, 4.69) is 10.3 Å². The number of anilines is 3. The number of pyridine rings is 1. The van der Waals surface area contributed by atoms with Gasteiger partial charge in [0.1, 0.15) is 0 Å². The average Bonchev–Trinajstić information content (AvgIpc) is 2.36. The van der Waals surface area contributed by atoms with Crippen LogP contribution in [0.5, 0.6) is 0 Å². The number of nitriles is 1. The molecule has 0 spiro atoms. The molecular weight excluding hydrogens is 248 g/mol. The molecule has 0 aliphatic heterocycles. The molecule has 1 aromatic carbocycles. The van der Waals surface area contributed by atoms with Gasteiger partial charge in [-0.15, -0.1) is 0 Å². The number of aromatic nitrogens is 1. The van der Waals surface area contributed by atoms with Gasteiger partial charge in [0.15, 0.2) is 5.82 Å². The summed E-state index contributed by atoms with van der Waals surface area (Å²) in [5.41, 5.74) is 8.40. The van der Waals surface area contributed by atoms with Gasteiger partial charge in [0.2, 0.25) is 0 Å². The van der Waals surface area contributed by atoms with Crippen molar-refractivity contribution in [1.82, 2.24) is 4.98 Å². The largest absolute Gasteiger partial charge is 0.396 e. The molecule has 0 bridgehead atoms. The Balaban J connectivity index is 2.34. The Hall–Kier alpha value is -2.25. The molecule has 0 radical (unpaired) electrons. The van der Waals surface area contributed by atoms with Crippen molar-refractivity contribution in [2.45, 2.75) is 6.92 Å². The smallest absolute Gasteiger partial charge is 0.153 e. The van der Waals surface area contributed by atoms with Crippen LogP contribution in [0.15, 0.2) is 30.3 Å². The van der Waals surface area contributed by atoms with Crippen molar-refractivity contribution >= 4 is 28.8 Å². The fourth-order valence-electron chi connectivity index (χ4n) is 1.48. The van der Waals surface area contributed by atoms with E-state index in [4.69, 9.17) is 22.6 Å². The molecule has 0 unspecified atom stereocenters. The number of hydrogen-bond acceptors (Lipinski definition) is 4. The summed E-state index contributed by atoms with van der Waals surface area (Å²) in [6.45, 7) is 1.88. The van der Waals surface area contributed by atoms with Crippen molar-refractivity contribution in [1.29, 1.82) is 5.26 Å². The topological polar surface area (TPSA) is 74.7 Å². The Morgan fingerprint density at radius 3 is 2.78 bits per heavy atom. The minimum atomic E-state index is 0.455. The van der Waals surface area contributed by atoms with Gasteiger partial charge in [-0.2, -0.15) is 5.26 Å². The first kappa shape index (κ1) is 12.2. The van der Waals surface area contributed by atoms with E-state index >= 15 is 0 Å². The average molecular weight is 259 g/mol. The number of hydrogen-bond donors (Lipinski definition) is 2. The molecule has 0 amide bonds. The summed E-state index contributed by atoms with van der Waals surface area (Å²) >= 11 is 6.07. The highest BCUT2D eigenvalue weighted by atomic mass is 35.5. The number of nitrogens with zero attached hydrogens (tertiary/aromatic N) is 2. The minimum Gasteiger partial charge on any atom is -0.396 e. The minimum absolute atomic E-state index is 0.455. The van der Waals surface area contributed by atoms with E-state index in [0.717, 1.165) is 5.69 Å². The third kappa shape index (κ3) is 2.53. The highest BCUT2D eigenvalue weighted by Crippen LogP contribution is 2.28. The third-order valence-electron chi connectivity index (χ3n) is 2.42. The van der Waals surface area contributed by atoms with Crippen LogP contribution in [0.25, 0.3) is 0 Å². The molecule has 0 aliphatic carbocycles. The van der Waals surface area contributed by atoms with E-state index in [9.17, 15) is 0 Å². The molecule has 90 valence electrons. The molecule has 0 saturated heterocycles. The Kier molecular flexibility index (Phi) is 3.35. The summed E-state index contributed by atoms with van der Waals surface area (Å²) in [7, 11) is 0. The first-order valence-corrected chi connectivity index (χ1v) is 5.68. The quantitative estimate of drug-likeness (QED) is 0.867. The van der Waals surface area contributed by atoms with Crippen LogP contribution in [-0.4, -0.2) is 4.98 Å². The molecule has 2 rings (SSSR count). The van der Waals surface area contributed by atoms with E-state index in [1.54, 1.807) is 24.3 Å². The number of nitrogen functional groups attached to an aromatic ring is 1. The molecule has 0 atom stereocenters. The molecule has 18 heavy (non-hydrogen) atoms. The summed E-state index contributed by atoms with van der Waals surface area (Å²) in [5.74, 6) is 0.557. The molecule has 1 aromatic heterocycles. The lowest BCUT2D eigenvalue weighted by atomic mass is 10.2. The fraction of sp³-hybridized carbons (Fsp3) is 0.0769. The second kappa shape index (κ2) is 4.94. The van der Waals surface area contributed by atoms with Crippen LogP contribution in [0.1, 0.15) is 11.3 Å². The van der Waals surface area contributed by atoms with Gasteiger partial charge in [-0.3, -0.25) is 0 Å². The summed E-state index contributed by atoms with van der Waals surface area (Å²) in [6, 6.07) is 10.6. The molecule has 5 heteroatoms. The first-order chi connectivity index (χ1) is 8.60. The van der Waals surface area contributed by atoms with Crippen molar-refractivity contribution in [3.63, 3.8) is 0 Å². The zero-order valence-corrected chi connectivity index (χ0v) is 10.5. The highest BCUT2D eigenvalue weighted by molar-refractivity contribution is 6.33. The van der Waals surface area contributed by atoms with Crippen LogP contribution in [0.3, 0.4) is 0 Å². The lowest BCUT2D eigenvalue weighted by molar-refractivity contribution is 1.20. The van der Waals surface area contributed by atoms with Crippen LogP contribution >= 0.6 is 11.6 Å². The maximum Gasteiger partial charge on any atom is 0.153 e. The van der Waals surface area contributed by atoms with E-state index < -0.39 is 0 Å². The van der Waals surface area contributed by atoms with E-state index in [1.165, 1.54) is 0 Å². The number of benzene rings is 1. The Labute approximate surface area is 110 Å². The number of aryl methyl sites for hydroxylation is 1. The summed E-state index contributed by atoms with van der Waals surface area (Å²) < 4.78 is 0. The van der Waals surface area contributed by atoms with E-state index in [1.807, 2.05) is 19.1 Å². The molecule has 3 N–H and O–H groups in total. The van der Waals surface area contributed by atoms with Gasteiger partial charge < -0.3 is 11.1 Å². The molecule has 2 aromatic rings. The van der Waals surface area contributed by atoms with Gasteiger partial charge in [-0.1, -0.05) is 11.6 Å². The predicted molar refractivity (Wildman–Crippen MR) is 72.8 cm³/mol. The van der Waals surface area contributed by atoms with Crippen LogP contribution in [0.2, 0.25) is 5.02 Å². The monoisotopic (exact) mass is 258 g/mol. The SMILES string of the molecule is Cc1ccc(N)c(Nc2ccc(C#N)cc2Cl)n1. The second-order valence-corrected chi connectivity index (χ2v) is 4.23. The molecule has 0 aliphatic rings. The van der Waals surface area contributed by atoms with Crippen LogP contribution in [-0.2, 0) is 0 Å². The summed E-state index contributed by atoms with van der Waals surface area (Å²) in [6.07, 6.45) is 0. The van der Waals surface area contributed by atoms with Gasteiger partial charge in [0, 0.05) is 5.69 Å². The Morgan fingerprint density at radius 2 is 2.11 bits per heavy atom. The lowest BCUT2D eigenvalue weighted by Gasteiger charge is -2.10. The Bertz CT molecular complexity index is 631. The number of nitrogens with one attached hydrogen (secondary N) is 1. The second-order valence-electron chi connectivity index (χ2n) is 3.82. The first-order valence-electron chi connectivity index (χ1n) is 5.30. The van der Waals surface area contributed by atoms with Crippen molar-refractivity contribution < 1.29 is 0 Å². The van der Waals surface area contributed by atoms with Gasteiger partial charge in [-0.05, 0) is 37.3 Å². The van der Waals surface area contributed by atoms with Crippen molar-refractivity contribution in [2.75, 3.05) is 11.1 Å². The van der Waals surface area contributed by atoms with Gasteiger partial charge in [0.05, 0.1) is 28.0 Å². The zero-order valence-electron chi connectivity index (χ0n) is 9.74. The van der Waals surface area contributed by atoms with Crippen molar-refractivity contribution in [3.8, 4) is 6.07 Å². The standard InChI is InChI=1S/C13H11ClN4/c1-8-2-4-11(16)13(17-8)18-12-5-3-9(7-15)6-10(12)14/h2-6H,16H2,1H3,(H,17,18). The van der Waals surface area contributed by atoms with Crippen molar-refractivity contribution in [3.05, 3.63) is 46.6 Å². The molecule has 4 nitrogen and oxygen atoms in total. The van der Waals surface area contributed by atoms with Gasteiger partial charge in [0.25, 0.3) is 0 Å². The van der Waals surface area contributed by atoms with Gasteiger partial charge >= 0.3 is 0 Å². The predicted octanol–water partition coefficient (Wildman–Crippen LogP) is 3.24. The normalized spacial score (nSPS) is 9.83. The third-order valence-corrected chi connectivity index (χ3v) is 2.73. The lowest BCUT2D eigenvalue weighted by Crippen LogP contribution is -2.00. The molecule has 0 saturated carbocycles. The number of rotatable bonds is 2. The summed E-state index contributed by atoms with van der Waals surface area (Å²) in [4.78, 5) is 4.29. The van der Waals surface area contributed by atoms with Gasteiger partial charge in [-0.25, -0.2) is 4.98 Å². The maximum atomic E-state index is 8.76. The number of halogens is 1. The van der Waals surface area contributed by atoms with Crippen LogP contribution in [0.4, 0.5) is 17.2 Å². The van der Waals surface area contributed by atoms with E-state index in [-0.39, 0.29) is 0 Å². The van der Waals surface area contributed by atoms with E-state index in [0.29, 0.717) is 27.8 Å². The summed E-state index contributed by atoms with van der Waals surface area (Å²) in [5, 5.41) is 12.3. The molecular formula is C13H11ClN4. The van der Waals surface area contributed by atoms with Crippen LogP contribution < -0.4 is 11.1 Å². The maximum absolute atomic E-state index is 8.76. The zero-order chi connectivity index (χ0) is 13.1.